The Bertz CT molecular complexity index is 1060. The highest BCUT2D eigenvalue weighted by Gasteiger charge is 2.50. The van der Waals surface area contributed by atoms with E-state index in [0.717, 1.165) is 50.0 Å². The number of anilines is 1. The minimum absolute atomic E-state index is 0.0123. The van der Waals surface area contributed by atoms with Gasteiger partial charge in [0.2, 0.25) is 0 Å². The molecule has 1 amide bonds. The normalized spacial score (nSPS) is 20.1. The smallest absolute Gasteiger partial charge is 0.449 e. The molecule has 1 N–H and O–H groups in total. The van der Waals surface area contributed by atoms with Crippen LogP contribution < -0.4 is 9.64 Å². The third-order valence-corrected chi connectivity index (χ3v) is 7.60. The summed E-state index contributed by atoms with van der Waals surface area (Å²) in [5.41, 5.74) is 4.45. The third-order valence-electron chi connectivity index (χ3n) is 7.60. The average Bonchev–Trinajstić information content (AvgIpc) is 3.21. The van der Waals surface area contributed by atoms with Gasteiger partial charge in [0.15, 0.2) is 0 Å². The summed E-state index contributed by atoms with van der Waals surface area (Å²) in [6.45, 7) is 8.00. The predicted octanol–water partition coefficient (Wildman–Crippen LogP) is 5.12. The number of aromatic nitrogens is 1. The fraction of sp³-hybridized carbons (Fsp3) is 0.519. The second-order valence-corrected chi connectivity index (χ2v) is 10.3. The molecule has 1 unspecified atom stereocenters. The van der Waals surface area contributed by atoms with Crippen molar-refractivity contribution in [3.63, 3.8) is 0 Å². The number of carbonyl (C=O) groups excluding carboxylic acids is 1. The first kappa shape index (κ1) is 24.2. The summed E-state index contributed by atoms with van der Waals surface area (Å²) in [5.74, 6) is 0.881. The molecule has 1 aliphatic carbocycles. The molecule has 1 aromatic carbocycles. The molecule has 2 aliphatic rings. The lowest BCUT2D eigenvalue weighted by atomic mass is 9.93. The van der Waals surface area contributed by atoms with Crippen LogP contribution in [-0.4, -0.2) is 52.8 Å². The number of quaternary nitrogens is 1. The van der Waals surface area contributed by atoms with Crippen molar-refractivity contribution in [1.29, 1.82) is 0 Å². The zero-order valence-corrected chi connectivity index (χ0v) is 20.7. The Labute approximate surface area is 201 Å². The maximum absolute atomic E-state index is 13.9. The van der Waals surface area contributed by atoms with Crippen LogP contribution >= 0.6 is 0 Å². The fourth-order valence-electron chi connectivity index (χ4n) is 5.85. The molecule has 0 bridgehead atoms. The van der Waals surface area contributed by atoms with Crippen LogP contribution in [0.2, 0.25) is 0 Å². The van der Waals surface area contributed by atoms with Gasteiger partial charge in [-0.05, 0) is 49.1 Å². The number of piperidine rings is 1. The van der Waals surface area contributed by atoms with Gasteiger partial charge in [-0.1, -0.05) is 19.9 Å². The number of nitrogens with zero attached hydrogens (tertiary/aromatic N) is 3. The number of fused-ring (bicyclic) bond motifs is 1. The minimum atomic E-state index is -1.32. The van der Waals surface area contributed by atoms with Crippen molar-refractivity contribution in [2.24, 2.45) is 5.92 Å². The van der Waals surface area contributed by atoms with E-state index < -0.39 is 6.16 Å². The van der Waals surface area contributed by atoms with Gasteiger partial charge in [0.05, 0.1) is 19.5 Å². The summed E-state index contributed by atoms with van der Waals surface area (Å²) < 4.78 is 5.34. The van der Waals surface area contributed by atoms with Gasteiger partial charge in [-0.15, -0.1) is 0 Å². The van der Waals surface area contributed by atoms with Gasteiger partial charge in [0.25, 0.3) is 0 Å². The highest BCUT2D eigenvalue weighted by molar-refractivity contribution is 5.70. The number of hydrogen-bond acceptors (Lipinski definition) is 5. The van der Waals surface area contributed by atoms with Crippen LogP contribution in [-0.2, 0) is 11.2 Å². The summed E-state index contributed by atoms with van der Waals surface area (Å²) in [7, 11) is 2.12. The second-order valence-electron chi connectivity index (χ2n) is 10.3. The van der Waals surface area contributed by atoms with E-state index in [9.17, 15) is 9.59 Å². The number of rotatable bonds is 6. The van der Waals surface area contributed by atoms with E-state index in [-0.39, 0.29) is 23.9 Å². The lowest BCUT2D eigenvalue weighted by Gasteiger charge is -2.47. The van der Waals surface area contributed by atoms with Crippen molar-refractivity contribution in [3.05, 3.63) is 53.3 Å². The van der Waals surface area contributed by atoms with E-state index in [0.29, 0.717) is 16.7 Å². The van der Waals surface area contributed by atoms with E-state index in [2.05, 4.69) is 42.9 Å². The number of ether oxygens (including phenoxy) is 1. The van der Waals surface area contributed by atoms with E-state index in [1.165, 1.54) is 11.3 Å². The SMILES string of the molecule is Cc1cc(N2CCC([N+](C)(C(=O)CC(C)C)[C@@H]3CCc4ccc(OC(=O)O)cc43)CC2)ccn1. The predicted molar refractivity (Wildman–Crippen MR) is 131 cm³/mol. The summed E-state index contributed by atoms with van der Waals surface area (Å²) in [4.78, 5) is 31.7. The molecular weight excluding hydrogens is 430 g/mol. The molecule has 2 atom stereocenters. The van der Waals surface area contributed by atoms with Crippen LogP contribution in [0.15, 0.2) is 36.5 Å². The molecule has 0 saturated carbocycles. The molecule has 1 aliphatic heterocycles. The monoisotopic (exact) mass is 466 g/mol. The Morgan fingerprint density at radius 3 is 2.56 bits per heavy atom. The van der Waals surface area contributed by atoms with Crippen LogP contribution in [0.1, 0.15) is 62.4 Å². The van der Waals surface area contributed by atoms with Crippen molar-refractivity contribution in [2.75, 3.05) is 25.0 Å². The lowest BCUT2D eigenvalue weighted by Crippen LogP contribution is -2.61. The van der Waals surface area contributed by atoms with E-state index in [4.69, 9.17) is 9.84 Å². The zero-order valence-electron chi connectivity index (χ0n) is 20.7. The van der Waals surface area contributed by atoms with Crippen molar-refractivity contribution < 1.29 is 23.9 Å². The van der Waals surface area contributed by atoms with Gasteiger partial charge < -0.3 is 14.7 Å². The summed E-state index contributed by atoms with van der Waals surface area (Å²) in [5, 5.41) is 9.08. The van der Waals surface area contributed by atoms with Gasteiger partial charge in [-0.2, -0.15) is 0 Å². The molecule has 1 aromatic heterocycles. The third kappa shape index (κ3) is 4.80. The number of hydrogen-bond donors (Lipinski definition) is 1. The van der Waals surface area contributed by atoms with Crippen molar-refractivity contribution in [2.45, 2.75) is 65.0 Å². The Hall–Kier alpha value is -2.93. The van der Waals surface area contributed by atoms with Crippen LogP contribution in [0.5, 0.6) is 5.75 Å². The second kappa shape index (κ2) is 9.74. The number of pyridine rings is 1. The number of carbonyl (C=O) groups is 2. The summed E-state index contributed by atoms with van der Waals surface area (Å²) >= 11 is 0. The molecule has 1 saturated heterocycles. The maximum Gasteiger partial charge on any atom is 0.511 e. The summed E-state index contributed by atoms with van der Waals surface area (Å²) in [6.07, 6.45) is 4.72. The molecule has 7 heteroatoms. The first-order chi connectivity index (χ1) is 16.2. The number of benzene rings is 1. The minimum Gasteiger partial charge on any atom is -0.449 e. The average molecular weight is 467 g/mol. The lowest BCUT2D eigenvalue weighted by molar-refractivity contribution is -0.892. The van der Waals surface area contributed by atoms with Gasteiger partial charge in [-0.3, -0.25) is 9.47 Å². The topological polar surface area (TPSA) is 79.7 Å². The molecule has 0 radical (unpaired) electrons. The van der Waals surface area contributed by atoms with Crippen LogP contribution in [0.3, 0.4) is 0 Å². The van der Waals surface area contributed by atoms with Gasteiger partial charge in [0, 0.05) is 55.5 Å². The van der Waals surface area contributed by atoms with Crippen LogP contribution in [0.4, 0.5) is 10.5 Å². The van der Waals surface area contributed by atoms with Gasteiger partial charge in [0.1, 0.15) is 11.8 Å². The standard InChI is InChI=1S/C27H35N3O4/c1-18(2)15-26(31)30(4,22-10-13-29(14-11-22)21-9-12-28-19(3)16-21)25-8-6-20-5-7-23(17-24(20)25)34-27(32)33/h5,7,9,12,16-18,22,25H,6,8,10-11,13-15H2,1-4H3/p+1/t25-,30?/m1/s1. The van der Waals surface area contributed by atoms with Gasteiger partial charge in [-0.25, -0.2) is 9.59 Å². The van der Waals surface area contributed by atoms with Crippen LogP contribution in [0.25, 0.3) is 0 Å². The first-order valence-electron chi connectivity index (χ1n) is 12.3. The van der Waals surface area contributed by atoms with Crippen molar-refractivity contribution in [3.8, 4) is 5.75 Å². The largest absolute Gasteiger partial charge is 0.511 e. The Balaban J connectivity index is 1.62. The molecule has 2 heterocycles. The number of aryl methyl sites for hydroxylation is 2. The number of amides is 1. The van der Waals surface area contributed by atoms with E-state index in [1.54, 1.807) is 6.07 Å². The van der Waals surface area contributed by atoms with Crippen molar-refractivity contribution >= 4 is 17.7 Å². The zero-order chi connectivity index (χ0) is 24.5. The molecule has 182 valence electrons. The molecule has 7 nitrogen and oxygen atoms in total. The highest BCUT2D eigenvalue weighted by Crippen LogP contribution is 2.45. The molecule has 4 rings (SSSR count). The Morgan fingerprint density at radius 1 is 1.18 bits per heavy atom. The van der Waals surface area contributed by atoms with Gasteiger partial charge >= 0.3 is 12.1 Å². The Morgan fingerprint density at radius 2 is 1.91 bits per heavy atom. The highest BCUT2D eigenvalue weighted by atomic mass is 16.7. The summed E-state index contributed by atoms with van der Waals surface area (Å²) in [6, 6.07) is 9.92. The Kier molecular flexibility index (Phi) is 6.94. The molecule has 0 spiro atoms. The number of carboxylic acid groups (broad SMARTS) is 1. The molecule has 2 aromatic rings. The quantitative estimate of drug-likeness (QED) is 0.362. The van der Waals surface area contributed by atoms with Crippen LogP contribution in [0, 0.1) is 12.8 Å². The molecule has 34 heavy (non-hydrogen) atoms. The maximum atomic E-state index is 13.9. The van der Waals surface area contributed by atoms with E-state index in [1.807, 2.05) is 25.3 Å². The molecular formula is C27H36N3O4+. The van der Waals surface area contributed by atoms with Crippen molar-refractivity contribution in [1.82, 2.24) is 4.98 Å². The molecule has 1 fully saturated rings. The van der Waals surface area contributed by atoms with E-state index >= 15 is 0 Å². The fourth-order valence-corrected chi connectivity index (χ4v) is 5.85. The first-order valence-corrected chi connectivity index (χ1v) is 12.3.